The van der Waals surface area contributed by atoms with E-state index in [0.29, 0.717) is 22.8 Å². The summed E-state index contributed by atoms with van der Waals surface area (Å²) in [6.07, 6.45) is 7.29. The van der Waals surface area contributed by atoms with Crippen molar-refractivity contribution in [2.24, 2.45) is 5.92 Å². The first-order valence-electron chi connectivity index (χ1n) is 27.7. The first-order valence-corrected chi connectivity index (χ1v) is 27.7. The Morgan fingerprint density at radius 2 is 0.854 bits per heavy atom. The molecular weight excluding hydrogens is 1030 g/mol. The molecule has 2 unspecified atom stereocenters. The molecule has 8 heteroatoms. The summed E-state index contributed by atoms with van der Waals surface area (Å²) in [6.45, 7) is 16.6. The van der Waals surface area contributed by atoms with E-state index in [1.165, 1.54) is 35.4 Å². The third kappa shape index (κ3) is 9.78. The van der Waals surface area contributed by atoms with E-state index >= 15 is 0 Å². The zero-order valence-corrected chi connectivity index (χ0v) is 46.9. The van der Waals surface area contributed by atoms with Crippen LogP contribution < -0.4 is 9.80 Å². The number of aryl methyl sites for hydroxylation is 8. The molecule has 0 radical (unpaired) electrons. The number of halogens is 6. The predicted molar refractivity (Wildman–Crippen MR) is 325 cm³/mol. The molecule has 8 aromatic rings. The number of benzene rings is 8. The lowest BCUT2D eigenvalue weighted by Gasteiger charge is -2.44. The van der Waals surface area contributed by atoms with Gasteiger partial charge in [-0.05, 0) is 228 Å². The van der Waals surface area contributed by atoms with E-state index in [-0.39, 0.29) is 0 Å². The van der Waals surface area contributed by atoms with Gasteiger partial charge in [-0.2, -0.15) is 26.3 Å². The van der Waals surface area contributed by atoms with Gasteiger partial charge < -0.3 is 9.80 Å². The number of rotatable bonds is 10. The maximum Gasteiger partial charge on any atom is 0.416 e. The molecule has 0 spiro atoms. The largest absolute Gasteiger partial charge is 0.416 e. The molecule has 408 valence electrons. The Morgan fingerprint density at radius 1 is 0.390 bits per heavy atom. The van der Waals surface area contributed by atoms with E-state index in [0.717, 1.165) is 124 Å². The van der Waals surface area contributed by atoms with Crippen LogP contribution in [0.5, 0.6) is 0 Å². The highest BCUT2D eigenvalue weighted by molar-refractivity contribution is 5.92. The van der Waals surface area contributed by atoms with Crippen LogP contribution in [0.25, 0.3) is 44.5 Å². The van der Waals surface area contributed by atoms with Crippen molar-refractivity contribution in [1.82, 2.24) is 0 Å². The summed E-state index contributed by atoms with van der Waals surface area (Å²) in [5, 5.41) is 0. The van der Waals surface area contributed by atoms with Gasteiger partial charge in [-0.25, -0.2) is 0 Å². The molecule has 2 atom stereocenters. The molecular formula is C74H60F6N2. The van der Waals surface area contributed by atoms with Crippen LogP contribution in [0, 0.1) is 61.3 Å². The normalized spacial score (nSPS) is 16.3. The minimum Gasteiger partial charge on any atom is -0.330 e. The van der Waals surface area contributed by atoms with Crippen LogP contribution >= 0.6 is 0 Å². The first-order chi connectivity index (χ1) is 39.2. The molecule has 0 bridgehead atoms. The van der Waals surface area contributed by atoms with Gasteiger partial charge in [0.05, 0.1) is 28.6 Å². The van der Waals surface area contributed by atoms with Gasteiger partial charge in [-0.3, -0.25) is 0 Å². The third-order valence-electron chi connectivity index (χ3n) is 17.2. The Labute approximate surface area is 476 Å². The van der Waals surface area contributed by atoms with E-state index in [2.05, 4.69) is 189 Å². The van der Waals surface area contributed by atoms with Crippen molar-refractivity contribution in [2.75, 3.05) is 9.80 Å². The van der Waals surface area contributed by atoms with Crippen molar-refractivity contribution in [1.29, 1.82) is 0 Å². The average molecular weight is 1090 g/mol. The topological polar surface area (TPSA) is 6.48 Å². The standard InChI is InChI=1S/C74H60F6N2/c1-43-15-19-53(35-47(43)5)55-27-33-69(65(39-55)57-21-17-45(3)49(7)37-57)81(61-13-9-11-59(41-61)73(75,76)77)67-31-25-51-24-30-64-68(32-26-52-23-29-63(67)71(51)72(52)64)82(62-14-10-12-60(42-62)74(78,79)80)70-34-28-56(54-20-16-44(2)48(6)36-54)40-66(70)58-22-18-46(4)50(8)38-58/h9-42,67,72H,1-8H3. The first kappa shape index (κ1) is 53.7. The average Bonchev–Trinajstić information content (AvgIpc) is 1.81. The molecule has 12 rings (SSSR count). The Bertz CT molecular complexity index is 4190. The SMILES string of the molecule is Cc1ccc(-c2ccc(N(C3=C4C=CC5=C6C(=CC=C(C=C3)C46)C(N(c3cccc(C(F)(F)F)c3)c3ccc(-c4ccc(C)c(C)c4)cc3-c3ccc(C)c(C)c3)C=C5)c3cccc(C(F)(F)F)c3)c(-c3ccc(C)c(C)c3)c2)cc1C. The number of alkyl halides is 6. The van der Waals surface area contributed by atoms with Crippen LogP contribution in [0.2, 0.25) is 0 Å². The van der Waals surface area contributed by atoms with E-state index in [1.807, 2.05) is 34.1 Å². The van der Waals surface area contributed by atoms with E-state index in [9.17, 15) is 26.3 Å². The van der Waals surface area contributed by atoms with Crippen molar-refractivity contribution in [3.05, 3.63) is 296 Å². The fourth-order valence-electron chi connectivity index (χ4n) is 12.0. The third-order valence-corrected chi connectivity index (χ3v) is 17.2. The lowest BCUT2D eigenvalue weighted by atomic mass is 9.67. The van der Waals surface area contributed by atoms with Crippen LogP contribution in [-0.2, 0) is 12.4 Å². The maximum absolute atomic E-state index is 14.9. The summed E-state index contributed by atoms with van der Waals surface area (Å²) in [5.41, 5.74) is 22.4. The van der Waals surface area contributed by atoms with Crippen LogP contribution in [0.3, 0.4) is 0 Å². The van der Waals surface area contributed by atoms with Gasteiger partial charge in [0.25, 0.3) is 0 Å². The summed E-state index contributed by atoms with van der Waals surface area (Å²) in [5.74, 6) is -0.393. The molecule has 8 aromatic carbocycles. The highest BCUT2D eigenvalue weighted by Crippen LogP contribution is 2.54. The molecule has 0 fully saturated rings. The fraction of sp³-hybridized carbons (Fsp3) is 0.162. The van der Waals surface area contributed by atoms with Crippen LogP contribution in [-0.4, -0.2) is 6.04 Å². The highest BCUT2D eigenvalue weighted by atomic mass is 19.4. The molecule has 2 nitrogen and oxygen atoms in total. The summed E-state index contributed by atoms with van der Waals surface area (Å²) in [7, 11) is 0. The van der Waals surface area contributed by atoms with E-state index in [4.69, 9.17) is 0 Å². The Morgan fingerprint density at radius 3 is 1.39 bits per heavy atom. The molecule has 0 heterocycles. The number of allylic oxidation sites excluding steroid dienone is 10. The van der Waals surface area contributed by atoms with Crippen molar-refractivity contribution in [3.8, 4) is 44.5 Å². The Kier molecular flexibility index (Phi) is 13.5. The summed E-state index contributed by atoms with van der Waals surface area (Å²) >= 11 is 0. The van der Waals surface area contributed by atoms with E-state index < -0.39 is 35.4 Å². The van der Waals surface area contributed by atoms with Gasteiger partial charge in [-0.15, -0.1) is 0 Å². The molecule has 0 saturated carbocycles. The van der Waals surface area contributed by atoms with Gasteiger partial charge in [0.2, 0.25) is 0 Å². The molecule has 4 aliphatic carbocycles. The monoisotopic (exact) mass is 1090 g/mol. The Balaban J connectivity index is 1.05. The summed E-state index contributed by atoms with van der Waals surface area (Å²) < 4.78 is 89.6. The van der Waals surface area contributed by atoms with Gasteiger partial charge >= 0.3 is 12.4 Å². The molecule has 0 N–H and O–H groups in total. The lowest BCUT2D eigenvalue weighted by molar-refractivity contribution is -0.138. The van der Waals surface area contributed by atoms with Crippen LogP contribution in [0.15, 0.2) is 240 Å². The molecule has 0 amide bonds. The second-order valence-corrected chi connectivity index (χ2v) is 22.4. The number of hydrogen-bond donors (Lipinski definition) is 0. The van der Waals surface area contributed by atoms with Crippen LogP contribution in [0.1, 0.15) is 55.6 Å². The smallest absolute Gasteiger partial charge is 0.330 e. The second kappa shape index (κ2) is 20.6. The van der Waals surface area contributed by atoms with Gasteiger partial charge in [0, 0.05) is 34.1 Å². The van der Waals surface area contributed by atoms with Crippen molar-refractivity contribution >= 4 is 22.7 Å². The zero-order valence-electron chi connectivity index (χ0n) is 46.9. The van der Waals surface area contributed by atoms with Gasteiger partial charge in [-0.1, -0.05) is 140 Å². The second-order valence-electron chi connectivity index (χ2n) is 22.4. The lowest BCUT2D eigenvalue weighted by Crippen LogP contribution is -2.37. The molecule has 0 aliphatic heterocycles. The maximum atomic E-state index is 14.9. The predicted octanol–water partition coefficient (Wildman–Crippen LogP) is 20.9. The van der Waals surface area contributed by atoms with Gasteiger partial charge in [0.1, 0.15) is 0 Å². The van der Waals surface area contributed by atoms with Gasteiger partial charge in [0.15, 0.2) is 0 Å². The zero-order chi connectivity index (χ0) is 57.5. The summed E-state index contributed by atoms with van der Waals surface area (Å²) in [4.78, 5) is 4.01. The fourth-order valence-corrected chi connectivity index (χ4v) is 12.0. The molecule has 4 aliphatic rings. The van der Waals surface area contributed by atoms with Crippen molar-refractivity contribution < 1.29 is 26.3 Å². The van der Waals surface area contributed by atoms with Crippen LogP contribution in [0.4, 0.5) is 49.1 Å². The quantitative estimate of drug-likeness (QED) is 0.126. The van der Waals surface area contributed by atoms with Crippen molar-refractivity contribution in [3.63, 3.8) is 0 Å². The van der Waals surface area contributed by atoms with Crippen molar-refractivity contribution in [2.45, 2.75) is 73.8 Å². The highest BCUT2D eigenvalue weighted by Gasteiger charge is 2.42. The number of nitrogens with zero attached hydrogens (tertiary/aromatic N) is 2. The summed E-state index contributed by atoms with van der Waals surface area (Å²) in [6, 6.07) is 48.3. The molecule has 82 heavy (non-hydrogen) atoms. The molecule has 0 aromatic heterocycles. The molecule has 0 saturated heterocycles. The van der Waals surface area contributed by atoms with E-state index in [1.54, 1.807) is 12.1 Å². The minimum absolute atomic E-state index is 0.332. The number of anilines is 4. The number of hydrogen-bond acceptors (Lipinski definition) is 2. The Hall–Kier alpha value is -8.88. The minimum atomic E-state index is -4.62.